The normalized spacial score (nSPS) is 11.5. The topological polar surface area (TPSA) is 32.6 Å². The van der Waals surface area contributed by atoms with Gasteiger partial charge in [-0.2, -0.15) is 0 Å². The van der Waals surface area contributed by atoms with Crippen LogP contribution in [0.2, 0.25) is 0 Å². The van der Waals surface area contributed by atoms with Gasteiger partial charge in [0.25, 0.3) is 0 Å². The maximum absolute atomic E-state index is 10.1. The molecule has 0 aliphatic heterocycles. The zero-order chi connectivity index (χ0) is 16.3. The molecule has 0 aliphatic rings. The van der Waals surface area contributed by atoms with Gasteiger partial charge in [-0.3, -0.25) is 4.99 Å². The Kier molecular flexibility index (Phi) is 7.65. The number of phenols is 1. The van der Waals surface area contributed by atoms with Crippen molar-refractivity contribution in [3.8, 4) is 5.75 Å². The molecule has 1 N–H and O–H groups in total. The Labute approximate surface area is 140 Å². The molecule has 0 fully saturated rings. The molecule has 2 aromatic rings. The van der Waals surface area contributed by atoms with Gasteiger partial charge in [0.15, 0.2) is 0 Å². The van der Waals surface area contributed by atoms with Crippen LogP contribution in [0, 0.1) is 0 Å². The van der Waals surface area contributed by atoms with E-state index in [0.717, 1.165) is 29.3 Å². The molecule has 0 bridgehead atoms. The van der Waals surface area contributed by atoms with Crippen molar-refractivity contribution in [2.45, 2.75) is 58.3 Å². The van der Waals surface area contributed by atoms with Crippen molar-refractivity contribution in [2.75, 3.05) is 6.54 Å². The third-order valence-electron chi connectivity index (χ3n) is 4.31. The lowest BCUT2D eigenvalue weighted by Gasteiger charge is -2.04. The number of unbranched alkanes of at least 4 members (excludes halogenated alkanes) is 7. The van der Waals surface area contributed by atoms with Gasteiger partial charge < -0.3 is 5.11 Å². The number of phenolic OH excluding ortho intramolecular Hbond substituents is 1. The van der Waals surface area contributed by atoms with E-state index >= 15 is 0 Å². The fraction of sp³-hybridized carbons (Fsp3) is 0.476. The second kappa shape index (κ2) is 10.0. The summed E-state index contributed by atoms with van der Waals surface area (Å²) in [5.41, 5.74) is 0.836. The summed E-state index contributed by atoms with van der Waals surface area (Å²) in [5, 5.41) is 12.3. The molecular weight excluding hydrogens is 282 g/mol. The highest BCUT2D eigenvalue weighted by atomic mass is 16.3. The summed E-state index contributed by atoms with van der Waals surface area (Å²) in [5.74, 6) is 0.309. The lowest BCUT2D eigenvalue weighted by molar-refractivity contribution is 0.475. The van der Waals surface area contributed by atoms with Crippen molar-refractivity contribution in [1.82, 2.24) is 0 Å². The van der Waals surface area contributed by atoms with Crippen LogP contribution in [0.5, 0.6) is 5.75 Å². The average molecular weight is 311 g/mol. The first kappa shape index (κ1) is 17.5. The third-order valence-corrected chi connectivity index (χ3v) is 4.31. The molecule has 0 amide bonds. The van der Waals surface area contributed by atoms with Gasteiger partial charge in [-0.25, -0.2) is 0 Å². The molecule has 0 spiro atoms. The summed E-state index contributed by atoms with van der Waals surface area (Å²) in [6.45, 7) is 3.10. The predicted molar refractivity (Wildman–Crippen MR) is 101 cm³/mol. The smallest absolute Gasteiger partial charge is 0.124 e. The summed E-state index contributed by atoms with van der Waals surface area (Å²) < 4.78 is 0. The van der Waals surface area contributed by atoms with Crippen LogP contribution in [0.15, 0.2) is 41.4 Å². The Bertz CT molecular complexity index is 618. The predicted octanol–water partition coefficient (Wildman–Crippen LogP) is 6.11. The highest BCUT2D eigenvalue weighted by molar-refractivity contribution is 6.02. The Morgan fingerprint density at radius 1 is 0.870 bits per heavy atom. The highest BCUT2D eigenvalue weighted by Gasteiger charge is 2.03. The third kappa shape index (κ3) is 5.70. The van der Waals surface area contributed by atoms with Crippen molar-refractivity contribution in [1.29, 1.82) is 0 Å². The van der Waals surface area contributed by atoms with Crippen molar-refractivity contribution in [2.24, 2.45) is 4.99 Å². The fourth-order valence-electron chi connectivity index (χ4n) is 2.91. The summed E-state index contributed by atoms with van der Waals surface area (Å²) in [6.07, 6.45) is 12.3. The largest absolute Gasteiger partial charge is 0.507 e. The monoisotopic (exact) mass is 311 g/mol. The number of hydrogen-bond acceptors (Lipinski definition) is 2. The molecule has 2 heteroatoms. The molecule has 0 heterocycles. The molecule has 23 heavy (non-hydrogen) atoms. The molecule has 0 radical (unpaired) electrons. The first-order chi connectivity index (χ1) is 11.3. The Balaban J connectivity index is 1.75. The number of rotatable bonds is 10. The summed E-state index contributed by atoms with van der Waals surface area (Å²) in [4.78, 5) is 4.51. The van der Waals surface area contributed by atoms with Crippen LogP contribution in [0.1, 0.15) is 63.9 Å². The standard InChI is InChI=1S/C21H29NO/c1-2-3-4-5-6-7-8-11-16-22-17-20-19-13-10-9-12-18(19)14-15-21(20)23/h9-10,12-15,17,23H,2-8,11,16H2,1H3. The van der Waals surface area contributed by atoms with Gasteiger partial charge in [0, 0.05) is 18.3 Å². The fourth-order valence-corrected chi connectivity index (χ4v) is 2.91. The van der Waals surface area contributed by atoms with Crippen LogP contribution < -0.4 is 0 Å². The van der Waals surface area contributed by atoms with Crippen LogP contribution >= 0.6 is 0 Å². The highest BCUT2D eigenvalue weighted by Crippen LogP contribution is 2.25. The van der Waals surface area contributed by atoms with Gasteiger partial charge in [0.05, 0.1) is 0 Å². The zero-order valence-electron chi connectivity index (χ0n) is 14.3. The van der Waals surface area contributed by atoms with Gasteiger partial charge in [-0.15, -0.1) is 0 Å². The number of fused-ring (bicyclic) bond motifs is 1. The minimum atomic E-state index is 0.309. The minimum Gasteiger partial charge on any atom is -0.507 e. The van der Waals surface area contributed by atoms with Gasteiger partial charge in [0.1, 0.15) is 5.75 Å². The number of hydrogen-bond donors (Lipinski definition) is 1. The molecule has 0 saturated carbocycles. The first-order valence-corrected chi connectivity index (χ1v) is 9.03. The van der Waals surface area contributed by atoms with Crippen LogP contribution in [0.4, 0.5) is 0 Å². The zero-order valence-corrected chi connectivity index (χ0v) is 14.3. The van der Waals surface area contributed by atoms with E-state index in [2.05, 4.69) is 18.0 Å². The molecule has 0 saturated heterocycles. The van der Waals surface area contributed by atoms with Crippen molar-refractivity contribution < 1.29 is 5.11 Å². The van der Waals surface area contributed by atoms with Crippen LogP contribution in [0.25, 0.3) is 10.8 Å². The second-order valence-electron chi connectivity index (χ2n) is 6.23. The van der Waals surface area contributed by atoms with Crippen molar-refractivity contribution in [3.05, 3.63) is 42.0 Å². The van der Waals surface area contributed by atoms with Gasteiger partial charge >= 0.3 is 0 Å². The quantitative estimate of drug-likeness (QED) is 0.417. The summed E-state index contributed by atoms with van der Waals surface area (Å²) in [7, 11) is 0. The molecule has 124 valence electrons. The lowest BCUT2D eigenvalue weighted by atomic mass is 10.0. The van der Waals surface area contributed by atoms with E-state index in [1.807, 2.05) is 30.5 Å². The number of nitrogens with zero attached hydrogens (tertiary/aromatic N) is 1. The van der Waals surface area contributed by atoms with Crippen molar-refractivity contribution in [3.63, 3.8) is 0 Å². The number of aromatic hydroxyl groups is 1. The van der Waals surface area contributed by atoms with Crippen LogP contribution in [-0.2, 0) is 0 Å². The van der Waals surface area contributed by atoms with E-state index in [0.29, 0.717) is 5.75 Å². The summed E-state index contributed by atoms with van der Waals surface area (Å²) >= 11 is 0. The number of benzene rings is 2. The average Bonchev–Trinajstić information content (AvgIpc) is 2.58. The minimum absolute atomic E-state index is 0.309. The van der Waals surface area contributed by atoms with E-state index in [1.165, 1.54) is 44.9 Å². The Morgan fingerprint density at radius 2 is 1.57 bits per heavy atom. The van der Waals surface area contributed by atoms with Crippen molar-refractivity contribution >= 4 is 17.0 Å². The SMILES string of the molecule is CCCCCCCCCCN=Cc1c(O)ccc2ccccc12. The van der Waals surface area contributed by atoms with E-state index in [-0.39, 0.29) is 0 Å². The molecule has 0 atom stereocenters. The van der Waals surface area contributed by atoms with Gasteiger partial charge in [0.2, 0.25) is 0 Å². The molecular formula is C21H29NO. The molecule has 2 aromatic carbocycles. The Hall–Kier alpha value is -1.83. The lowest BCUT2D eigenvalue weighted by Crippen LogP contribution is -1.89. The molecule has 0 unspecified atom stereocenters. The summed E-state index contributed by atoms with van der Waals surface area (Å²) in [6, 6.07) is 11.8. The molecule has 2 nitrogen and oxygen atoms in total. The van der Waals surface area contributed by atoms with E-state index in [9.17, 15) is 5.11 Å². The maximum atomic E-state index is 10.1. The van der Waals surface area contributed by atoms with Crippen LogP contribution in [-0.4, -0.2) is 17.9 Å². The first-order valence-electron chi connectivity index (χ1n) is 9.03. The van der Waals surface area contributed by atoms with E-state index < -0.39 is 0 Å². The van der Waals surface area contributed by atoms with E-state index in [1.54, 1.807) is 6.07 Å². The maximum Gasteiger partial charge on any atom is 0.124 e. The Morgan fingerprint density at radius 3 is 2.35 bits per heavy atom. The molecule has 2 rings (SSSR count). The van der Waals surface area contributed by atoms with E-state index in [4.69, 9.17) is 0 Å². The number of aliphatic imine (C=N–C) groups is 1. The van der Waals surface area contributed by atoms with Crippen LogP contribution in [0.3, 0.4) is 0 Å². The molecule has 0 aromatic heterocycles. The molecule has 0 aliphatic carbocycles. The van der Waals surface area contributed by atoms with Gasteiger partial charge in [-0.1, -0.05) is 82.2 Å². The van der Waals surface area contributed by atoms with Gasteiger partial charge in [-0.05, 0) is 23.3 Å². The second-order valence-corrected chi connectivity index (χ2v) is 6.23.